The molecule has 1 saturated heterocycles. The Labute approximate surface area is 101 Å². The number of rotatable bonds is 4. The van der Waals surface area contributed by atoms with Crippen molar-refractivity contribution in [3.63, 3.8) is 0 Å². The highest BCUT2D eigenvalue weighted by molar-refractivity contribution is 5.76. The van der Waals surface area contributed by atoms with Crippen molar-refractivity contribution in [1.29, 1.82) is 0 Å². The number of aromatic hydroxyl groups is 1. The van der Waals surface area contributed by atoms with Crippen LogP contribution in [-0.2, 0) is 11.2 Å². The monoisotopic (exact) mass is 234 g/mol. The van der Waals surface area contributed by atoms with Crippen LogP contribution in [0.4, 0.5) is 0 Å². The van der Waals surface area contributed by atoms with Crippen LogP contribution in [0, 0.1) is 0 Å². The summed E-state index contributed by atoms with van der Waals surface area (Å²) in [6.45, 7) is 1.85. The summed E-state index contributed by atoms with van der Waals surface area (Å²) in [7, 11) is 0. The van der Waals surface area contributed by atoms with Gasteiger partial charge in [-0.2, -0.15) is 0 Å². The molecule has 92 valence electrons. The molecule has 0 spiro atoms. The van der Waals surface area contributed by atoms with E-state index in [-0.39, 0.29) is 11.7 Å². The molecular formula is C13H18N2O2. The Morgan fingerprint density at radius 3 is 2.76 bits per heavy atom. The molecule has 0 aromatic carbocycles. The van der Waals surface area contributed by atoms with Crippen LogP contribution >= 0.6 is 0 Å². The largest absolute Gasteiger partial charge is 0.506 e. The molecule has 2 rings (SSSR count). The number of carbonyl (C=O) groups excluding carboxylic acids is 1. The standard InChI is InChI=1S/C13H18N2O2/c16-12-7-6-11(14-10-12)4-3-5-13(17)15-8-1-2-9-15/h6-7,10,16H,1-5,8-9H2. The molecule has 4 nitrogen and oxygen atoms in total. The highest BCUT2D eigenvalue weighted by Crippen LogP contribution is 2.12. The van der Waals surface area contributed by atoms with Crippen molar-refractivity contribution in [2.24, 2.45) is 0 Å². The third-order valence-electron chi connectivity index (χ3n) is 3.09. The van der Waals surface area contributed by atoms with Gasteiger partial charge in [-0.3, -0.25) is 9.78 Å². The highest BCUT2D eigenvalue weighted by atomic mass is 16.3. The number of likely N-dealkylation sites (tertiary alicyclic amines) is 1. The molecule has 2 heterocycles. The van der Waals surface area contributed by atoms with E-state index in [1.54, 1.807) is 12.1 Å². The summed E-state index contributed by atoms with van der Waals surface area (Å²) in [6, 6.07) is 3.43. The maximum absolute atomic E-state index is 11.8. The predicted octanol–water partition coefficient (Wildman–Crippen LogP) is 1.73. The van der Waals surface area contributed by atoms with Gasteiger partial charge in [0.1, 0.15) is 5.75 Å². The number of carbonyl (C=O) groups is 1. The van der Waals surface area contributed by atoms with Gasteiger partial charge in [-0.25, -0.2) is 0 Å². The van der Waals surface area contributed by atoms with Gasteiger partial charge in [-0.15, -0.1) is 0 Å². The molecule has 1 aromatic rings. The zero-order chi connectivity index (χ0) is 12.1. The fraction of sp³-hybridized carbons (Fsp3) is 0.538. The summed E-state index contributed by atoms with van der Waals surface area (Å²) in [4.78, 5) is 17.8. The van der Waals surface area contributed by atoms with Crippen LogP contribution in [0.5, 0.6) is 5.75 Å². The Kier molecular flexibility index (Phi) is 3.96. The number of hydrogen-bond acceptors (Lipinski definition) is 3. The van der Waals surface area contributed by atoms with E-state index in [1.165, 1.54) is 6.20 Å². The topological polar surface area (TPSA) is 53.4 Å². The summed E-state index contributed by atoms with van der Waals surface area (Å²) in [5, 5.41) is 9.09. The smallest absolute Gasteiger partial charge is 0.222 e. The van der Waals surface area contributed by atoms with E-state index in [1.807, 2.05) is 4.90 Å². The average molecular weight is 234 g/mol. The van der Waals surface area contributed by atoms with Gasteiger partial charge in [0.15, 0.2) is 0 Å². The van der Waals surface area contributed by atoms with Gasteiger partial charge in [0.2, 0.25) is 5.91 Å². The zero-order valence-corrected chi connectivity index (χ0v) is 9.93. The second kappa shape index (κ2) is 5.66. The zero-order valence-electron chi connectivity index (χ0n) is 9.93. The van der Waals surface area contributed by atoms with Crippen molar-refractivity contribution < 1.29 is 9.90 Å². The molecule has 4 heteroatoms. The minimum atomic E-state index is 0.182. The van der Waals surface area contributed by atoms with Crippen molar-refractivity contribution in [2.45, 2.75) is 32.1 Å². The third-order valence-corrected chi connectivity index (χ3v) is 3.09. The minimum absolute atomic E-state index is 0.182. The van der Waals surface area contributed by atoms with E-state index in [0.717, 1.165) is 44.5 Å². The van der Waals surface area contributed by atoms with E-state index < -0.39 is 0 Å². The van der Waals surface area contributed by atoms with Crippen LogP contribution in [0.3, 0.4) is 0 Å². The molecule has 1 N–H and O–H groups in total. The lowest BCUT2D eigenvalue weighted by molar-refractivity contribution is -0.130. The molecule has 1 aliphatic rings. The van der Waals surface area contributed by atoms with Crippen LogP contribution in [0.25, 0.3) is 0 Å². The van der Waals surface area contributed by atoms with Gasteiger partial charge in [-0.1, -0.05) is 0 Å². The molecule has 0 atom stereocenters. The lowest BCUT2D eigenvalue weighted by atomic mass is 10.1. The summed E-state index contributed by atoms with van der Waals surface area (Å²) in [5.74, 6) is 0.447. The molecular weight excluding hydrogens is 216 g/mol. The first-order valence-corrected chi connectivity index (χ1v) is 6.17. The fourth-order valence-electron chi connectivity index (χ4n) is 2.11. The van der Waals surface area contributed by atoms with E-state index in [2.05, 4.69) is 4.98 Å². The number of nitrogens with zero attached hydrogens (tertiary/aromatic N) is 2. The van der Waals surface area contributed by atoms with E-state index in [4.69, 9.17) is 5.11 Å². The average Bonchev–Trinajstić information content (AvgIpc) is 2.85. The molecule has 0 aliphatic carbocycles. The summed E-state index contributed by atoms with van der Waals surface area (Å²) in [5.41, 5.74) is 0.928. The van der Waals surface area contributed by atoms with Gasteiger partial charge in [-0.05, 0) is 37.8 Å². The second-order valence-corrected chi connectivity index (χ2v) is 4.45. The van der Waals surface area contributed by atoms with Gasteiger partial charge in [0, 0.05) is 25.2 Å². The maximum Gasteiger partial charge on any atom is 0.222 e. The summed E-state index contributed by atoms with van der Waals surface area (Å²) < 4.78 is 0. The van der Waals surface area contributed by atoms with E-state index >= 15 is 0 Å². The Bertz CT molecular complexity index is 370. The van der Waals surface area contributed by atoms with Crippen molar-refractivity contribution in [1.82, 2.24) is 9.88 Å². The second-order valence-electron chi connectivity index (χ2n) is 4.45. The SMILES string of the molecule is O=C(CCCc1ccc(O)cn1)N1CCCC1. The number of amides is 1. The van der Waals surface area contributed by atoms with Crippen LogP contribution in [0.15, 0.2) is 18.3 Å². The van der Waals surface area contributed by atoms with Crippen molar-refractivity contribution in [3.8, 4) is 5.75 Å². The van der Waals surface area contributed by atoms with Gasteiger partial charge < -0.3 is 10.0 Å². The van der Waals surface area contributed by atoms with Crippen molar-refractivity contribution in [3.05, 3.63) is 24.0 Å². The molecule has 1 fully saturated rings. The van der Waals surface area contributed by atoms with Crippen LogP contribution in [0.2, 0.25) is 0 Å². The van der Waals surface area contributed by atoms with Crippen LogP contribution in [0.1, 0.15) is 31.4 Å². The maximum atomic E-state index is 11.8. The number of aryl methyl sites for hydroxylation is 1. The molecule has 1 amide bonds. The lowest BCUT2D eigenvalue weighted by Gasteiger charge is -2.14. The molecule has 17 heavy (non-hydrogen) atoms. The first kappa shape index (κ1) is 11.9. The predicted molar refractivity (Wildman–Crippen MR) is 64.7 cm³/mol. The Balaban J connectivity index is 1.72. The summed E-state index contributed by atoms with van der Waals surface area (Å²) >= 11 is 0. The molecule has 1 aliphatic heterocycles. The number of aromatic nitrogens is 1. The minimum Gasteiger partial charge on any atom is -0.506 e. The lowest BCUT2D eigenvalue weighted by Crippen LogP contribution is -2.27. The third kappa shape index (κ3) is 3.44. The quantitative estimate of drug-likeness (QED) is 0.863. The molecule has 0 unspecified atom stereocenters. The van der Waals surface area contributed by atoms with Crippen molar-refractivity contribution in [2.75, 3.05) is 13.1 Å². The normalized spacial score (nSPS) is 15.2. The molecule has 0 radical (unpaired) electrons. The highest BCUT2D eigenvalue weighted by Gasteiger charge is 2.16. The first-order valence-electron chi connectivity index (χ1n) is 6.17. The number of hydrogen-bond donors (Lipinski definition) is 1. The number of pyridine rings is 1. The Morgan fingerprint density at radius 2 is 2.12 bits per heavy atom. The summed E-state index contributed by atoms with van der Waals surface area (Å²) in [6.07, 6.45) is 5.95. The molecule has 0 bridgehead atoms. The van der Waals surface area contributed by atoms with Gasteiger partial charge in [0.05, 0.1) is 6.20 Å². The van der Waals surface area contributed by atoms with E-state index in [0.29, 0.717) is 6.42 Å². The Morgan fingerprint density at radius 1 is 1.35 bits per heavy atom. The fourth-order valence-corrected chi connectivity index (χ4v) is 2.11. The first-order chi connectivity index (χ1) is 8.25. The van der Waals surface area contributed by atoms with Gasteiger partial charge >= 0.3 is 0 Å². The Hall–Kier alpha value is -1.58. The van der Waals surface area contributed by atoms with Crippen LogP contribution in [-0.4, -0.2) is 34.0 Å². The molecule has 1 aromatic heterocycles. The molecule has 0 saturated carbocycles. The van der Waals surface area contributed by atoms with Crippen LogP contribution < -0.4 is 0 Å². The van der Waals surface area contributed by atoms with Crippen molar-refractivity contribution >= 4 is 5.91 Å². The van der Waals surface area contributed by atoms with E-state index in [9.17, 15) is 4.79 Å². The van der Waals surface area contributed by atoms with Gasteiger partial charge in [0.25, 0.3) is 0 Å².